The second kappa shape index (κ2) is 6.52. The van der Waals surface area contributed by atoms with Gasteiger partial charge in [0.1, 0.15) is 6.54 Å². The Bertz CT molecular complexity index is 1210. The molecular weight excluding hydrogens is 441 g/mol. The second-order valence-corrected chi connectivity index (χ2v) is 9.18. The Kier molecular flexibility index (Phi) is 4.28. The molecule has 150 valence electrons. The molecule has 1 saturated heterocycles. The summed E-state index contributed by atoms with van der Waals surface area (Å²) in [6.45, 7) is -0.0582. The first-order valence-electron chi connectivity index (χ1n) is 8.99. The van der Waals surface area contributed by atoms with Crippen molar-refractivity contribution in [3.8, 4) is 11.1 Å². The molecule has 1 amide bonds. The summed E-state index contributed by atoms with van der Waals surface area (Å²) in [5.41, 5.74) is 1.18. The van der Waals surface area contributed by atoms with Crippen LogP contribution in [0.1, 0.15) is 0 Å². The number of rotatable bonds is 3. The van der Waals surface area contributed by atoms with Crippen LogP contribution in [0.2, 0.25) is 10.0 Å². The number of carbonyl (C=O) groups is 1. The minimum atomic E-state index is -2.64. The molecule has 29 heavy (non-hydrogen) atoms. The molecule has 2 unspecified atom stereocenters. The molecule has 1 aliphatic carbocycles. The summed E-state index contributed by atoms with van der Waals surface area (Å²) in [5.74, 6) is -4.42. The van der Waals surface area contributed by atoms with Crippen molar-refractivity contribution in [3.05, 3.63) is 56.2 Å². The number of likely N-dealkylation sites (tertiary alicyclic amines) is 1. The van der Waals surface area contributed by atoms with Gasteiger partial charge in [0.05, 0.1) is 27.3 Å². The van der Waals surface area contributed by atoms with Gasteiger partial charge in [0, 0.05) is 34.9 Å². The molecule has 9 heteroatoms. The maximum absolute atomic E-state index is 13.4. The molecule has 1 aliphatic heterocycles. The van der Waals surface area contributed by atoms with E-state index in [0.717, 1.165) is 15.8 Å². The molecule has 1 aromatic carbocycles. The van der Waals surface area contributed by atoms with Crippen molar-refractivity contribution < 1.29 is 13.6 Å². The highest BCUT2D eigenvalue weighted by molar-refractivity contribution is 7.17. The summed E-state index contributed by atoms with van der Waals surface area (Å²) in [6, 6.07) is 6.94. The van der Waals surface area contributed by atoms with Crippen molar-refractivity contribution in [1.82, 2.24) is 9.47 Å². The number of carbonyl (C=O) groups excluding carboxylic acids is 1. The van der Waals surface area contributed by atoms with Gasteiger partial charge in [-0.25, -0.2) is 8.78 Å². The molecule has 0 radical (unpaired) electrons. The monoisotopic (exact) mass is 454 g/mol. The van der Waals surface area contributed by atoms with Crippen LogP contribution in [0.15, 0.2) is 40.6 Å². The van der Waals surface area contributed by atoms with Gasteiger partial charge in [0.2, 0.25) is 5.91 Å². The molecule has 5 rings (SSSR count). The molecule has 4 nitrogen and oxygen atoms in total. The molecule has 2 fully saturated rings. The van der Waals surface area contributed by atoms with E-state index in [1.54, 1.807) is 30.5 Å². The lowest BCUT2D eigenvalue weighted by Gasteiger charge is -2.20. The quantitative estimate of drug-likeness (QED) is 0.572. The van der Waals surface area contributed by atoms with E-state index in [9.17, 15) is 18.4 Å². The summed E-state index contributed by atoms with van der Waals surface area (Å²) in [6.07, 6.45) is 1.57. The summed E-state index contributed by atoms with van der Waals surface area (Å²) < 4.78 is 28.8. The van der Waals surface area contributed by atoms with Crippen molar-refractivity contribution in [1.29, 1.82) is 0 Å². The van der Waals surface area contributed by atoms with Gasteiger partial charge in [0.15, 0.2) is 0 Å². The molecule has 0 bridgehead atoms. The number of hydrogen-bond donors (Lipinski definition) is 0. The predicted octanol–water partition coefficient (Wildman–Crippen LogP) is 4.76. The minimum absolute atomic E-state index is 0.0560. The van der Waals surface area contributed by atoms with Crippen LogP contribution in [0.4, 0.5) is 8.78 Å². The molecule has 3 aromatic rings. The number of fused-ring (bicyclic) bond motifs is 2. The number of pyridine rings is 1. The zero-order valence-electron chi connectivity index (χ0n) is 14.9. The van der Waals surface area contributed by atoms with Crippen molar-refractivity contribution >= 4 is 50.5 Å². The first-order valence-corrected chi connectivity index (χ1v) is 10.6. The number of nitrogens with zero attached hydrogens (tertiary/aromatic N) is 2. The van der Waals surface area contributed by atoms with Crippen LogP contribution >= 0.6 is 34.5 Å². The van der Waals surface area contributed by atoms with Gasteiger partial charge in [0.25, 0.3) is 11.5 Å². The fourth-order valence-corrected chi connectivity index (χ4v) is 5.29. The highest BCUT2D eigenvalue weighted by atomic mass is 35.5. The predicted molar refractivity (Wildman–Crippen MR) is 110 cm³/mol. The van der Waals surface area contributed by atoms with Crippen LogP contribution in [0, 0.1) is 11.8 Å². The van der Waals surface area contributed by atoms with Crippen LogP contribution < -0.4 is 5.56 Å². The third-order valence-electron chi connectivity index (χ3n) is 5.79. The van der Waals surface area contributed by atoms with E-state index in [-0.39, 0.29) is 31.1 Å². The largest absolute Gasteiger partial charge is 0.340 e. The van der Waals surface area contributed by atoms with Crippen LogP contribution in [-0.2, 0) is 11.3 Å². The van der Waals surface area contributed by atoms with E-state index < -0.39 is 17.8 Å². The summed E-state index contributed by atoms with van der Waals surface area (Å²) in [4.78, 5) is 27.1. The van der Waals surface area contributed by atoms with E-state index in [1.165, 1.54) is 20.8 Å². The number of aromatic nitrogens is 1. The lowest BCUT2D eigenvalue weighted by molar-refractivity contribution is -0.132. The Labute approximate surface area is 178 Å². The van der Waals surface area contributed by atoms with Crippen LogP contribution in [0.3, 0.4) is 0 Å². The SMILES string of the molecule is O=C(Cn1ccc2scc(-c3ccc(Cl)c(Cl)c3)c2c1=O)N1CC2C(C1)C2(F)F. The zero-order chi connectivity index (χ0) is 20.5. The smallest absolute Gasteiger partial charge is 0.260 e. The Hall–Kier alpha value is -1.96. The van der Waals surface area contributed by atoms with Crippen molar-refractivity contribution in [2.75, 3.05) is 13.1 Å². The van der Waals surface area contributed by atoms with Gasteiger partial charge in [-0.2, -0.15) is 0 Å². The Morgan fingerprint density at radius 1 is 1.17 bits per heavy atom. The van der Waals surface area contributed by atoms with Gasteiger partial charge in [-0.1, -0.05) is 29.3 Å². The van der Waals surface area contributed by atoms with E-state index in [4.69, 9.17) is 23.2 Å². The Balaban J connectivity index is 1.45. The fourth-order valence-electron chi connectivity index (χ4n) is 4.04. The highest BCUT2D eigenvalue weighted by Gasteiger charge is 2.72. The number of piperidine rings is 1. The molecular formula is C20H14Cl2F2N2O2S. The van der Waals surface area contributed by atoms with Crippen molar-refractivity contribution in [2.45, 2.75) is 12.5 Å². The van der Waals surface area contributed by atoms with Gasteiger partial charge in [-0.15, -0.1) is 11.3 Å². The number of thiophene rings is 1. The topological polar surface area (TPSA) is 42.3 Å². The molecule has 3 heterocycles. The van der Waals surface area contributed by atoms with Gasteiger partial charge in [-0.3, -0.25) is 9.59 Å². The molecule has 2 aromatic heterocycles. The standard InChI is InChI=1S/C20H14Cl2F2N2O2S/c21-14-2-1-10(5-15(14)22)11-9-29-16-3-4-25(19(28)18(11)16)8-17(27)26-6-12-13(7-26)20(12,23)24/h1-5,9,12-13H,6-8H2. The summed E-state index contributed by atoms with van der Waals surface area (Å²) in [5, 5.41) is 3.18. The lowest BCUT2D eigenvalue weighted by Crippen LogP contribution is -2.37. The first-order chi connectivity index (χ1) is 13.8. The van der Waals surface area contributed by atoms with E-state index in [0.29, 0.717) is 15.4 Å². The maximum Gasteiger partial charge on any atom is 0.260 e. The number of benzene rings is 1. The van der Waals surface area contributed by atoms with Gasteiger partial charge < -0.3 is 9.47 Å². The molecule has 0 N–H and O–H groups in total. The summed E-state index contributed by atoms with van der Waals surface area (Å²) in [7, 11) is 0. The fraction of sp³-hybridized carbons (Fsp3) is 0.300. The number of alkyl halides is 2. The zero-order valence-corrected chi connectivity index (χ0v) is 17.2. The van der Waals surface area contributed by atoms with Crippen molar-refractivity contribution in [2.24, 2.45) is 11.8 Å². The number of halogens is 4. The van der Waals surface area contributed by atoms with Gasteiger partial charge in [-0.05, 0) is 23.8 Å². The second-order valence-electron chi connectivity index (χ2n) is 7.45. The van der Waals surface area contributed by atoms with Crippen LogP contribution in [0.5, 0.6) is 0 Å². The minimum Gasteiger partial charge on any atom is -0.340 e. The van der Waals surface area contributed by atoms with E-state index in [1.807, 2.05) is 5.38 Å². The normalized spacial score (nSPS) is 22.1. The average molecular weight is 455 g/mol. The number of hydrogen-bond acceptors (Lipinski definition) is 3. The maximum atomic E-state index is 13.4. The first kappa shape index (κ1) is 19.0. The third-order valence-corrected chi connectivity index (χ3v) is 7.48. The molecule has 0 spiro atoms. The number of amides is 1. The molecule has 2 aliphatic rings. The molecule has 1 saturated carbocycles. The van der Waals surface area contributed by atoms with E-state index >= 15 is 0 Å². The van der Waals surface area contributed by atoms with Gasteiger partial charge >= 0.3 is 0 Å². The summed E-state index contributed by atoms with van der Waals surface area (Å²) >= 11 is 13.5. The van der Waals surface area contributed by atoms with E-state index in [2.05, 4.69) is 0 Å². The average Bonchev–Trinajstić information content (AvgIpc) is 3.12. The lowest BCUT2D eigenvalue weighted by atomic mass is 10.1. The Morgan fingerprint density at radius 3 is 2.59 bits per heavy atom. The Morgan fingerprint density at radius 2 is 1.90 bits per heavy atom. The van der Waals surface area contributed by atoms with Crippen molar-refractivity contribution in [3.63, 3.8) is 0 Å². The van der Waals surface area contributed by atoms with Crippen LogP contribution in [-0.4, -0.2) is 34.4 Å². The molecule has 2 atom stereocenters. The van der Waals surface area contributed by atoms with Crippen LogP contribution in [0.25, 0.3) is 21.2 Å². The third kappa shape index (κ3) is 2.98. The highest BCUT2D eigenvalue weighted by Crippen LogP contribution is 2.59.